The van der Waals surface area contributed by atoms with E-state index in [0.29, 0.717) is 0 Å². The van der Waals surface area contributed by atoms with Gasteiger partial charge in [0.05, 0.1) is 0 Å². The van der Waals surface area contributed by atoms with Crippen LogP contribution in [0.1, 0.15) is 32.1 Å². The second kappa shape index (κ2) is 3.25. The third-order valence-corrected chi connectivity index (χ3v) is 4.23. The zero-order chi connectivity index (χ0) is 8.67. The minimum atomic E-state index is 0.874. The average Bonchev–Trinajstić information content (AvgIpc) is 2.61. The molecule has 3 atom stereocenters. The van der Waals surface area contributed by atoms with Crippen molar-refractivity contribution in [2.45, 2.75) is 44.2 Å². The molecule has 3 rings (SSSR count). The Bertz CT molecular complexity index is 173. The first kappa shape index (κ1) is 8.25. The zero-order valence-electron chi connectivity index (χ0n) is 8.34. The molecule has 2 nitrogen and oxygen atoms in total. The van der Waals surface area contributed by atoms with E-state index in [0.717, 1.165) is 18.0 Å². The highest BCUT2D eigenvalue weighted by Crippen LogP contribution is 2.32. The summed E-state index contributed by atoms with van der Waals surface area (Å²) in [6.07, 6.45) is 7.24. The SMILES string of the molecule is C1CCN2CC3CCNC3CC2C1. The summed E-state index contributed by atoms with van der Waals surface area (Å²) in [4.78, 5) is 2.76. The van der Waals surface area contributed by atoms with E-state index >= 15 is 0 Å². The van der Waals surface area contributed by atoms with Gasteiger partial charge in [-0.15, -0.1) is 0 Å². The van der Waals surface area contributed by atoms with Crippen molar-refractivity contribution < 1.29 is 0 Å². The minimum Gasteiger partial charge on any atom is -0.314 e. The lowest BCUT2D eigenvalue weighted by Crippen LogP contribution is -2.52. The van der Waals surface area contributed by atoms with Gasteiger partial charge in [-0.3, -0.25) is 4.90 Å². The molecule has 1 N–H and O–H groups in total. The Morgan fingerprint density at radius 2 is 2.15 bits per heavy atom. The molecule has 3 fully saturated rings. The Hall–Kier alpha value is -0.0800. The number of fused-ring (bicyclic) bond motifs is 2. The molecule has 0 bridgehead atoms. The maximum Gasteiger partial charge on any atom is 0.0123 e. The van der Waals surface area contributed by atoms with Crippen LogP contribution in [0.15, 0.2) is 0 Å². The monoisotopic (exact) mass is 180 g/mol. The van der Waals surface area contributed by atoms with Gasteiger partial charge in [0.15, 0.2) is 0 Å². The van der Waals surface area contributed by atoms with Gasteiger partial charge in [-0.2, -0.15) is 0 Å². The Labute approximate surface area is 80.7 Å². The molecule has 0 saturated carbocycles. The zero-order valence-corrected chi connectivity index (χ0v) is 8.34. The predicted octanol–water partition coefficient (Wildman–Crippen LogP) is 1.22. The normalized spacial score (nSPS) is 45.7. The van der Waals surface area contributed by atoms with E-state index in [4.69, 9.17) is 0 Å². The van der Waals surface area contributed by atoms with Gasteiger partial charge in [-0.25, -0.2) is 0 Å². The molecular formula is C11H20N2. The van der Waals surface area contributed by atoms with Gasteiger partial charge in [-0.1, -0.05) is 6.42 Å². The molecule has 74 valence electrons. The van der Waals surface area contributed by atoms with Crippen LogP contribution >= 0.6 is 0 Å². The number of rotatable bonds is 0. The van der Waals surface area contributed by atoms with Crippen LogP contribution in [0.4, 0.5) is 0 Å². The molecule has 0 spiro atoms. The van der Waals surface area contributed by atoms with E-state index in [2.05, 4.69) is 10.2 Å². The molecule has 0 amide bonds. The van der Waals surface area contributed by atoms with E-state index in [9.17, 15) is 0 Å². The summed E-state index contributed by atoms with van der Waals surface area (Å²) in [5.74, 6) is 0.981. The molecule has 3 heterocycles. The van der Waals surface area contributed by atoms with Crippen LogP contribution in [0, 0.1) is 5.92 Å². The summed E-state index contributed by atoms with van der Waals surface area (Å²) in [5, 5.41) is 3.66. The molecule has 0 aromatic carbocycles. The number of nitrogens with zero attached hydrogens (tertiary/aromatic N) is 1. The van der Waals surface area contributed by atoms with Gasteiger partial charge in [0.25, 0.3) is 0 Å². The molecule has 13 heavy (non-hydrogen) atoms. The summed E-state index contributed by atoms with van der Waals surface area (Å²) in [6, 6.07) is 1.81. The number of hydrogen-bond acceptors (Lipinski definition) is 2. The highest BCUT2D eigenvalue weighted by molar-refractivity contribution is 4.95. The van der Waals surface area contributed by atoms with Crippen LogP contribution in [0.5, 0.6) is 0 Å². The van der Waals surface area contributed by atoms with Crippen molar-refractivity contribution in [3.63, 3.8) is 0 Å². The van der Waals surface area contributed by atoms with E-state index in [-0.39, 0.29) is 0 Å². The number of piperidine rings is 2. The summed E-state index contributed by atoms with van der Waals surface area (Å²) in [5.41, 5.74) is 0. The Balaban J connectivity index is 1.71. The molecule has 0 aromatic rings. The Kier molecular flexibility index (Phi) is 2.06. The van der Waals surface area contributed by atoms with E-state index in [1.807, 2.05) is 0 Å². The molecule has 3 unspecified atom stereocenters. The van der Waals surface area contributed by atoms with Crippen LogP contribution in [-0.2, 0) is 0 Å². The van der Waals surface area contributed by atoms with Gasteiger partial charge in [0.1, 0.15) is 0 Å². The van der Waals surface area contributed by atoms with Crippen LogP contribution in [0.3, 0.4) is 0 Å². The van der Waals surface area contributed by atoms with Gasteiger partial charge in [0, 0.05) is 18.6 Å². The fraction of sp³-hybridized carbons (Fsp3) is 1.00. The standard InChI is InChI=1S/C11H20N2/c1-2-6-13-8-9-4-5-12-11(9)7-10(13)3-1/h9-12H,1-8H2. The van der Waals surface area contributed by atoms with Crippen molar-refractivity contribution in [3.8, 4) is 0 Å². The maximum atomic E-state index is 3.66. The molecule has 3 aliphatic rings. The van der Waals surface area contributed by atoms with Gasteiger partial charge >= 0.3 is 0 Å². The van der Waals surface area contributed by atoms with Gasteiger partial charge in [-0.05, 0) is 44.7 Å². The molecular weight excluding hydrogens is 160 g/mol. The minimum absolute atomic E-state index is 0.874. The Morgan fingerprint density at radius 1 is 1.15 bits per heavy atom. The van der Waals surface area contributed by atoms with Crippen LogP contribution in [-0.4, -0.2) is 36.6 Å². The summed E-state index contributed by atoms with van der Waals surface area (Å²) < 4.78 is 0. The first-order valence-electron chi connectivity index (χ1n) is 5.91. The van der Waals surface area contributed by atoms with Crippen molar-refractivity contribution in [2.24, 2.45) is 5.92 Å². The number of nitrogens with one attached hydrogen (secondary N) is 1. The summed E-state index contributed by atoms with van der Waals surface area (Å²) in [7, 11) is 0. The molecule has 0 aromatic heterocycles. The van der Waals surface area contributed by atoms with Crippen LogP contribution in [0.2, 0.25) is 0 Å². The summed E-state index contributed by atoms with van der Waals surface area (Å²) in [6.45, 7) is 4.05. The van der Waals surface area contributed by atoms with E-state index < -0.39 is 0 Å². The van der Waals surface area contributed by atoms with Gasteiger partial charge < -0.3 is 5.32 Å². The maximum absolute atomic E-state index is 3.66. The second-order valence-electron chi connectivity index (χ2n) is 4.99. The van der Waals surface area contributed by atoms with Crippen molar-refractivity contribution in [1.29, 1.82) is 0 Å². The third-order valence-electron chi connectivity index (χ3n) is 4.23. The van der Waals surface area contributed by atoms with Crippen LogP contribution in [0.25, 0.3) is 0 Å². The quantitative estimate of drug-likeness (QED) is 0.603. The lowest BCUT2D eigenvalue weighted by atomic mass is 9.84. The average molecular weight is 180 g/mol. The fourth-order valence-electron chi connectivity index (χ4n) is 3.48. The lowest BCUT2D eigenvalue weighted by Gasteiger charge is -2.44. The van der Waals surface area contributed by atoms with Crippen molar-refractivity contribution in [1.82, 2.24) is 10.2 Å². The lowest BCUT2D eigenvalue weighted by molar-refractivity contribution is 0.0669. The van der Waals surface area contributed by atoms with Gasteiger partial charge in [0.2, 0.25) is 0 Å². The highest BCUT2D eigenvalue weighted by atomic mass is 15.2. The molecule has 0 aliphatic carbocycles. The van der Waals surface area contributed by atoms with E-state index in [1.54, 1.807) is 0 Å². The predicted molar refractivity (Wildman–Crippen MR) is 53.7 cm³/mol. The van der Waals surface area contributed by atoms with Crippen molar-refractivity contribution in [2.75, 3.05) is 19.6 Å². The first-order valence-corrected chi connectivity index (χ1v) is 5.91. The topological polar surface area (TPSA) is 15.3 Å². The fourth-order valence-corrected chi connectivity index (χ4v) is 3.48. The molecule has 0 radical (unpaired) electrons. The molecule has 2 heteroatoms. The summed E-state index contributed by atoms with van der Waals surface area (Å²) >= 11 is 0. The Morgan fingerprint density at radius 3 is 3.15 bits per heavy atom. The highest BCUT2D eigenvalue weighted by Gasteiger charge is 2.38. The van der Waals surface area contributed by atoms with Crippen LogP contribution < -0.4 is 5.32 Å². The van der Waals surface area contributed by atoms with E-state index in [1.165, 1.54) is 51.7 Å². The van der Waals surface area contributed by atoms with Crippen molar-refractivity contribution >= 4 is 0 Å². The molecule has 3 saturated heterocycles. The van der Waals surface area contributed by atoms with Crippen molar-refractivity contribution in [3.05, 3.63) is 0 Å². The number of hydrogen-bond donors (Lipinski definition) is 1. The molecule has 3 aliphatic heterocycles. The largest absolute Gasteiger partial charge is 0.314 e. The first-order chi connectivity index (χ1) is 6.43. The third kappa shape index (κ3) is 1.40. The smallest absolute Gasteiger partial charge is 0.0123 e. The second-order valence-corrected chi connectivity index (χ2v) is 4.99.